The van der Waals surface area contributed by atoms with Crippen LogP contribution in [0.1, 0.15) is 32.3 Å². The van der Waals surface area contributed by atoms with E-state index in [2.05, 4.69) is 10.6 Å². The zero-order valence-corrected chi connectivity index (χ0v) is 12.3. The molecule has 0 saturated heterocycles. The summed E-state index contributed by atoms with van der Waals surface area (Å²) in [7, 11) is 0. The molecule has 6 nitrogen and oxygen atoms in total. The Morgan fingerprint density at radius 3 is 2.33 bits per heavy atom. The summed E-state index contributed by atoms with van der Waals surface area (Å²) in [5.74, 6) is -0.980. The molecule has 0 heterocycles. The van der Waals surface area contributed by atoms with E-state index in [-0.39, 0.29) is 18.2 Å². The smallest absolute Gasteiger partial charge is 0.326 e. The molecule has 2 atom stereocenters. The maximum atomic E-state index is 11.8. The molecule has 1 aromatic carbocycles. The van der Waals surface area contributed by atoms with Gasteiger partial charge in [-0.2, -0.15) is 0 Å². The summed E-state index contributed by atoms with van der Waals surface area (Å²) >= 11 is 0. The standard InChI is InChI=1S/C15H22N2O4/c1-3-4-10(2)16-15(21)17-13(14(19)20)9-11-5-7-12(18)8-6-11/h5-8,10,13,18H,3-4,9H2,1-2H3,(H,19,20)(H2,16,17,21)/t10?,13-/m1/s1. The number of nitrogens with one attached hydrogen (secondary N) is 2. The lowest BCUT2D eigenvalue weighted by molar-refractivity contribution is -0.139. The Bertz CT molecular complexity index is 473. The minimum atomic E-state index is -1.10. The maximum absolute atomic E-state index is 11.8. The normalized spacial score (nSPS) is 13.2. The van der Waals surface area contributed by atoms with Crippen LogP contribution in [-0.2, 0) is 11.2 Å². The van der Waals surface area contributed by atoms with Crippen LogP contribution in [0, 0.1) is 0 Å². The van der Waals surface area contributed by atoms with Crippen molar-refractivity contribution in [3.63, 3.8) is 0 Å². The number of phenolic OH excluding ortho intramolecular Hbond substituents is 1. The Labute approximate surface area is 124 Å². The molecule has 1 aromatic rings. The molecule has 6 heteroatoms. The van der Waals surface area contributed by atoms with Crippen LogP contribution in [0.3, 0.4) is 0 Å². The van der Waals surface area contributed by atoms with Crippen LogP contribution in [-0.4, -0.2) is 34.3 Å². The summed E-state index contributed by atoms with van der Waals surface area (Å²) < 4.78 is 0. The summed E-state index contributed by atoms with van der Waals surface area (Å²) in [5.41, 5.74) is 0.724. The van der Waals surface area contributed by atoms with Crippen molar-refractivity contribution >= 4 is 12.0 Å². The highest BCUT2D eigenvalue weighted by molar-refractivity contribution is 5.82. The van der Waals surface area contributed by atoms with E-state index < -0.39 is 18.0 Å². The van der Waals surface area contributed by atoms with Crippen molar-refractivity contribution < 1.29 is 19.8 Å². The van der Waals surface area contributed by atoms with Crippen LogP contribution in [0.25, 0.3) is 0 Å². The molecular formula is C15H22N2O4. The Morgan fingerprint density at radius 2 is 1.81 bits per heavy atom. The third-order valence-electron chi connectivity index (χ3n) is 3.08. The van der Waals surface area contributed by atoms with Crippen molar-refractivity contribution in [1.82, 2.24) is 10.6 Å². The monoisotopic (exact) mass is 294 g/mol. The Kier molecular flexibility index (Phi) is 6.52. The first-order chi connectivity index (χ1) is 9.92. The van der Waals surface area contributed by atoms with Gasteiger partial charge in [0.25, 0.3) is 0 Å². The number of hydrogen-bond acceptors (Lipinski definition) is 3. The number of urea groups is 1. The van der Waals surface area contributed by atoms with E-state index in [1.165, 1.54) is 12.1 Å². The van der Waals surface area contributed by atoms with Gasteiger partial charge in [0, 0.05) is 12.5 Å². The van der Waals surface area contributed by atoms with E-state index in [0.29, 0.717) is 0 Å². The van der Waals surface area contributed by atoms with Crippen molar-refractivity contribution in [1.29, 1.82) is 0 Å². The highest BCUT2D eigenvalue weighted by Gasteiger charge is 2.21. The van der Waals surface area contributed by atoms with Crippen molar-refractivity contribution in [3.8, 4) is 5.75 Å². The predicted octanol–water partition coefficient (Wildman–Crippen LogP) is 1.88. The molecule has 0 spiro atoms. The molecule has 0 aromatic heterocycles. The van der Waals surface area contributed by atoms with Gasteiger partial charge in [0.05, 0.1) is 0 Å². The molecule has 1 rings (SSSR count). The summed E-state index contributed by atoms with van der Waals surface area (Å²) in [6.07, 6.45) is 1.94. The lowest BCUT2D eigenvalue weighted by Gasteiger charge is -2.18. The van der Waals surface area contributed by atoms with Gasteiger partial charge >= 0.3 is 12.0 Å². The van der Waals surface area contributed by atoms with Gasteiger partial charge in [-0.05, 0) is 31.0 Å². The van der Waals surface area contributed by atoms with Gasteiger partial charge < -0.3 is 20.8 Å². The fourth-order valence-corrected chi connectivity index (χ4v) is 2.00. The molecule has 0 aliphatic heterocycles. The van der Waals surface area contributed by atoms with E-state index in [1.54, 1.807) is 12.1 Å². The number of carbonyl (C=O) groups is 2. The SMILES string of the molecule is CCCC(C)NC(=O)N[C@H](Cc1ccc(O)cc1)C(=O)O. The Morgan fingerprint density at radius 1 is 1.19 bits per heavy atom. The first-order valence-electron chi connectivity index (χ1n) is 7.00. The van der Waals surface area contributed by atoms with Gasteiger partial charge in [-0.15, -0.1) is 0 Å². The molecule has 1 unspecified atom stereocenters. The van der Waals surface area contributed by atoms with Crippen LogP contribution in [0.2, 0.25) is 0 Å². The second-order valence-corrected chi connectivity index (χ2v) is 5.07. The van der Waals surface area contributed by atoms with E-state index in [9.17, 15) is 19.8 Å². The number of rotatable bonds is 7. The summed E-state index contributed by atoms with van der Waals surface area (Å²) in [5, 5.41) is 23.5. The van der Waals surface area contributed by atoms with E-state index >= 15 is 0 Å². The highest BCUT2D eigenvalue weighted by atomic mass is 16.4. The number of aromatic hydroxyl groups is 1. The van der Waals surface area contributed by atoms with Crippen LogP contribution < -0.4 is 10.6 Å². The van der Waals surface area contributed by atoms with Crippen molar-refractivity contribution in [2.45, 2.75) is 45.2 Å². The predicted molar refractivity (Wildman–Crippen MR) is 79.3 cm³/mol. The molecule has 4 N–H and O–H groups in total. The van der Waals surface area contributed by atoms with E-state index in [0.717, 1.165) is 18.4 Å². The fourth-order valence-electron chi connectivity index (χ4n) is 2.00. The number of carboxylic acid groups (broad SMARTS) is 1. The van der Waals surface area contributed by atoms with Crippen LogP contribution in [0.4, 0.5) is 4.79 Å². The first kappa shape index (κ1) is 16.8. The van der Waals surface area contributed by atoms with Gasteiger partial charge in [0.2, 0.25) is 0 Å². The average molecular weight is 294 g/mol. The topological polar surface area (TPSA) is 98.7 Å². The number of hydrogen-bond donors (Lipinski definition) is 4. The van der Waals surface area contributed by atoms with Crippen LogP contribution in [0.5, 0.6) is 5.75 Å². The zero-order chi connectivity index (χ0) is 15.8. The lowest BCUT2D eigenvalue weighted by atomic mass is 10.1. The van der Waals surface area contributed by atoms with Gasteiger partial charge in [-0.3, -0.25) is 0 Å². The number of phenols is 1. The van der Waals surface area contributed by atoms with Crippen molar-refractivity contribution in [2.24, 2.45) is 0 Å². The first-order valence-corrected chi connectivity index (χ1v) is 7.00. The summed E-state index contributed by atoms with van der Waals surface area (Å²) in [6.45, 7) is 3.89. The van der Waals surface area contributed by atoms with E-state index in [1.807, 2.05) is 13.8 Å². The number of carbonyl (C=O) groups excluding carboxylic acids is 1. The van der Waals surface area contributed by atoms with Gasteiger partial charge in [0.1, 0.15) is 11.8 Å². The molecule has 0 aliphatic carbocycles. The molecule has 116 valence electrons. The van der Waals surface area contributed by atoms with Crippen molar-refractivity contribution in [3.05, 3.63) is 29.8 Å². The number of aliphatic carboxylic acids is 1. The molecule has 0 fully saturated rings. The van der Waals surface area contributed by atoms with Crippen LogP contribution in [0.15, 0.2) is 24.3 Å². The minimum Gasteiger partial charge on any atom is -0.508 e. The quantitative estimate of drug-likeness (QED) is 0.617. The van der Waals surface area contributed by atoms with Crippen LogP contribution >= 0.6 is 0 Å². The van der Waals surface area contributed by atoms with Gasteiger partial charge in [-0.25, -0.2) is 9.59 Å². The molecule has 0 saturated carbocycles. The molecule has 0 bridgehead atoms. The third kappa shape index (κ3) is 6.16. The highest BCUT2D eigenvalue weighted by Crippen LogP contribution is 2.11. The van der Waals surface area contributed by atoms with Crippen molar-refractivity contribution in [2.75, 3.05) is 0 Å². The van der Waals surface area contributed by atoms with E-state index in [4.69, 9.17) is 0 Å². The maximum Gasteiger partial charge on any atom is 0.326 e. The molecule has 2 amide bonds. The number of carboxylic acids is 1. The molecule has 21 heavy (non-hydrogen) atoms. The van der Waals surface area contributed by atoms with Gasteiger partial charge in [0.15, 0.2) is 0 Å². The molecule has 0 radical (unpaired) electrons. The van der Waals surface area contributed by atoms with Gasteiger partial charge in [-0.1, -0.05) is 25.5 Å². The largest absolute Gasteiger partial charge is 0.508 e. The zero-order valence-electron chi connectivity index (χ0n) is 12.3. The third-order valence-corrected chi connectivity index (χ3v) is 3.08. The average Bonchev–Trinajstić information content (AvgIpc) is 2.40. The second-order valence-electron chi connectivity index (χ2n) is 5.07. The summed E-state index contributed by atoms with van der Waals surface area (Å²) in [4.78, 5) is 23.0. The Hall–Kier alpha value is -2.24. The number of amides is 2. The molecular weight excluding hydrogens is 272 g/mol. The minimum absolute atomic E-state index is 0.00174. The number of benzene rings is 1. The fraction of sp³-hybridized carbons (Fsp3) is 0.467. The molecule has 0 aliphatic rings. The summed E-state index contributed by atoms with van der Waals surface area (Å²) in [6, 6.07) is 4.73. The Balaban J connectivity index is 2.59. The second kappa shape index (κ2) is 8.14. The lowest BCUT2D eigenvalue weighted by Crippen LogP contribution is -2.49.